The topological polar surface area (TPSA) is 138 Å². The SMILES string of the molecule is Cc1nc(NC(=O)N(CCCO)CCCCO)sc1-c1ccc(S(C)(=O)=O)c(-n2ccnc2)c1. The molecule has 0 fully saturated rings. The minimum atomic E-state index is -3.46. The molecule has 3 rings (SSSR count). The molecule has 0 aliphatic heterocycles. The number of anilines is 1. The Hall–Kier alpha value is -2.80. The number of imidazole rings is 1. The van der Waals surface area contributed by atoms with Crippen LogP contribution < -0.4 is 5.32 Å². The summed E-state index contributed by atoms with van der Waals surface area (Å²) in [7, 11) is -3.46. The second-order valence-electron chi connectivity index (χ2n) is 7.78. The molecule has 3 aromatic rings. The molecule has 2 aromatic heterocycles. The van der Waals surface area contributed by atoms with Crippen LogP contribution in [0, 0.1) is 6.92 Å². The lowest BCUT2D eigenvalue weighted by Crippen LogP contribution is -2.37. The van der Waals surface area contributed by atoms with Crippen molar-refractivity contribution in [3.8, 4) is 16.1 Å². The van der Waals surface area contributed by atoms with Crippen LogP contribution in [0.5, 0.6) is 0 Å². The van der Waals surface area contributed by atoms with Crippen molar-refractivity contribution in [3.63, 3.8) is 0 Å². The van der Waals surface area contributed by atoms with Gasteiger partial charge in [0.25, 0.3) is 0 Å². The molecular formula is C22H29N5O5S2. The van der Waals surface area contributed by atoms with Gasteiger partial charge in [0.15, 0.2) is 15.0 Å². The second kappa shape index (κ2) is 11.6. The number of aryl methyl sites for hydroxylation is 1. The fourth-order valence-corrected chi connectivity index (χ4v) is 5.27. The van der Waals surface area contributed by atoms with Crippen molar-refractivity contribution in [1.82, 2.24) is 19.4 Å². The summed E-state index contributed by atoms with van der Waals surface area (Å²) in [6, 6.07) is 4.74. The van der Waals surface area contributed by atoms with E-state index in [1.165, 1.54) is 17.7 Å². The first-order valence-corrected chi connectivity index (χ1v) is 13.5. The van der Waals surface area contributed by atoms with E-state index in [-0.39, 0.29) is 24.1 Å². The van der Waals surface area contributed by atoms with Crippen LogP contribution in [0.15, 0.2) is 41.8 Å². The maximum absolute atomic E-state index is 12.8. The highest BCUT2D eigenvalue weighted by molar-refractivity contribution is 7.90. The number of benzene rings is 1. The standard InChI is InChI=1S/C22H29N5O5S2/c1-16-20(17-6-7-19(34(2,31)32)18(14-17)27-11-8-23-15-27)33-21(24-16)25-22(30)26(10-5-13-29)9-3-4-12-28/h6-8,11,14-15,28-29H,3-5,9-10,12-13H2,1-2H3,(H,24,25,30). The predicted molar refractivity (Wildman–Crippen MR) is 131 cm³/mol. The Morgan fingerprint density at radius 2 is 1.91 bits per heavy atom. The van der Waals surface area contributed by atoms with Crippen LogP contribution in [0.3, 0.4) is 0 Å². The molecule has 184 valence electrons. The van der Waals surface area contributed by atoms with Crippen molar-refractivity contribution in [2.24, 2.45) is 0 Å². The molecule has 0 spiro atoms. The highest BCUT2D eigenvalue weighted by Crippen LogP contribution is 2.35. The molecule has 2 amide bonds. The average Bonchev–Trinajstić information content (AvgIpc) is 3.45. The molecule has 0 saturated carbocycles. The Bertz CT molecular complexity index is 1210. The lowest BCUT2D eigenvalue weighted by molar-refractivity contribution is 0.197. The number of unbranched alkanes of at least 4 members (excludes halogenated alkanes) is 1. The molecule has 0 atom stereocenters. The number of aliphatic hydroxyl groups is 2. The van der Waals surface area contributed by atoms with Gasteiger partial charge in [0.1, 0.15) is 0 Å². The first-order valence-electron chi connectivity index (χ1n) is 10.8. The number of hydrogen-bond donors (Lipinski definition) is 3. The maximum Gasteiger partial charge on any atom is 0.323 e. The molecule has 0 saturated heterocycles. The number of hydrogen-bond acceptors (Lipinski definition) is 8. The van der Waals surface area contributed by atoms with Crippen LogP contribution in [-0.2, 0) is 9.84 Å². The van der Waals surface area contributed by atoms with Gasteiger partial charge in [0.2, 0.25) is 0 Å². The third-order valence-corrected chi connectivity index (χ3v) is 7.39. The van der Waals surface area contributed by atoms with E-state index >= 15 is 0 Å². The molecule has 12 heteroatoms. The van der Waals surface area contributed by atoms with Crippen molar-refractivity contribution >= 4 is 32.3 Å². The number of rotatable bonds is 11. The Kier molecular flexibility index (Phi) is 8.78. The van der Waals surface area contributed by atoms with Crippen molar-refractivity contribution in [2.75, 3.05) is 37.9 Å². The zero-order chi connectivity index (χ0) is 24.7. The maximum atomic E-state index is 12.8. The molecule has 1 aromatic carbocycles. The van der Waals surface area contributed by atoms with E-state index in [9.17, 15) is 13.2 Å². The monoisotopic (exact) mass is 507 g/mol. The van der Waals surface area contributed by atoms with E-state index < -0.39 is 9.84 Å². The molecule has 0 unspecified atom stereocenters. The Labute approximate surface area is 202 Å². The van der Waals surface area contributed by atoms with E-state index in [1.54, 1.807) is 40.1 Å². The van der Waals surface area contributed by atoms with Gasteiger partial charge in [0.05, 0.1) is 27.5 Å². The number of thiazole rings is 1. The summed E-state index contributed by atoms with van der Waals surface area (Å²) in [5, 5.41) is 21.4. The van der Waals surface area contributed by atoms with Crippen molar-refractivity contribution in [1.29, 1.82) is 0 Å². The predicted octanol–water partition coefficient (Wildman–Crippen LogP) is 2.70. The number of amides is 2. The molecule has 0 aliphatic carbocycles. The normalized spacial score (nSPS) is 11.5. The summed E-state index contributed by atoms with van der Waals surface area (Å²) in [5.74, 6) is 0. The number of aliphatic hydroxyl groups excluding tert-OH is 2. The van der Waals surface area contributed by atoms with Gasteiger partial charge in [0, 0.05) is 45.0 Å². The number of sulfone groups is 1. The molecular weight excluding hydrogens is 478 g/mol. The number of urea groups is 1. The second-order valence-corrected chi connectivity index (χ2v) is 10.8. The van der Waals surface area contributed by atoms with E-state index in [4.69, 9.17) is 10.2 Å². The summed E-state index contributed by atoms with van der Waals surface area (Å²) in [6.45, 7) is 2.72. The number of nitrogens with zero attached hydrogens (tertiary/aromatic N) is 4. The molecule has 0 radical (unpaired) electrons. The van der Waals surface area contributed by atoms with Gasteiger partial charge in [-0.15, -0.1) is 0 Å². The number of carbonyl (C=O) groups is 1. The Balaban J connectivity index is 1.87. The first-order chi connectivity index (χ1) is 16.2. The number of carbonyl (C=O) groups excluding carboxylic acids is 1. The highest BCUT2D eigenvalue weighted by Gasteiger charge is 2.20. The van der Waals surface area contributed by atoms with Crippen LogP contribution in [-0.4, -0.2) is 76.7 Å². The molecule has 2 heterocycles. The van der Waals surface area contributed by atoms with Crippen LogP contribution in [0.4, 0.5) is 9.93 Å². The summed E-state index contributed by atoms with van der Waals surface area (Å²) in [5.41, 5.74) is 1.95. The lowest BCUT2D eigenvalue weighted by Gasteiger charge is -2.22. The number of aromatic nitrogens is 3. The average molecular weight is 508 g/mol. The van der Waals surface area contributed by atoms with E-state index in [2.05, 4.69) is 15.3 Å². The number of nitrogens with one attached hydrogen (secondary N) is 1. The zero-order valence-corrected chi connectivity index (χ0v) is 20.8. The van der Waals surface area contributed by atoms with Gasteiger partial charge in [-0.3, -0.25) is 5.32 Å². The molecule has 0 bridgehead atoms. The molecule has 0 aliphatic rings. The smallest absolute Gasteiger partial charge is 0.323 e. The third kappa shape index (κ3) is 6.41. The van der Waals surface area contributed by atoms with Gasteiger partial charge in [-0.1, -0.05) is 17.4 Å². The first kappa shape index (κ1) is 25.8. The van der Waals surface area contributed by atoms with Gasteiger partial charge in [-0.05, 0) is 43.9 Å². The lowest BCUT2D eigenvalue weighted by atomic mass is 10.1. The highest BCUT2D eigenvalue weighted by atomic mass is 32.2. The van der Waals surface area contributed by atoms with Gasteiger partial charge in [-0.25, -0.2) is 23.2 Å². The van der Waals surface area contributed by atoms with Gasteiger partial charge >= 0.3 is 6.03 Å². The van der Waals surface area contributed by atoms with Gasteiger partial charge < -0.3 is 19.7 Å². The summed E-state index contributed by atoms with van der Waals surface area (Å²) >= 11 is 1.30. The van der Waals surface area contributed by atoms with Crippen LogP contribution in [0.25, 0.3) is 16.1 Å². The molecule has 10 nitrogen and oxygen atoms in total. The summed E-state index contributed by atoms with van der Waals surface area (Å²) < 4.78 is 26.2. The van der Waals surface area contributed by atoms with Crippen molar-refractivity contribution in [3.05, 3.63) is 42.6 Å². The van der Waals surface area contributed by atoms with Crippen LogP contribution in [0.2, 0.25) is 0 Å². The van der Waals surface area contributed by atoms with Crippen molar-refractivity contribution in [2.45, 2.75) is 31.1 Å². The van der Waals surface area contributed by atoms with Crippen molar-refractivity contribution < 1.29 is 23.4 Å². The van der Waals surface area contributed by atoms with E-state index in [0.717, 1.165) is 16.7 Å². The Morgan fingerprint density at radius 3 is 2.56 bits per heavy atom. The fourth-order valence-electron chi connectivity index (χ4n) is 3.45. The zero-order valence-electron chi connectivity index (χ0n) is 19.1. The molecule has 3 N–H and O–H groups in total. The van der Waals surface area contributed by atoms with Gasteiger partial charge in [-0.2, -0.15) is 0 Å². The minimum absolute atomic E-state index is 0.0208. The minimum Gasteiger partial charge on any atom is -0.396 e. The van der Waals surface area contributed by atoms with Crippen LogP contribution >= 0.6 is 11.3 Å². The molecule has 34 heavy (non-hydrogen) atoms. The largest absolute Gasteiger partial charge is 0.396 e. The van der Waals surface area contributed by atoms with E-state index in [0.29, 0.717) is 48.9 Å². The quantitative estimate of drug-likeness (QED) is 0.339. The Morgan fingerprint density at radius 1 is 1.18 bits per heavy atom. The van der Waals surface area contributed by atoms with E-state index in [1.807, 2.05) is 6.92 Å². The summed E-state index contributed by atoms with van der Waals surface area (Å²) in [6.07, 6.45) is 7.66. The third-order valence-electron chi connectivity index (χ3n) is 5.12. The summed E-state index contributed by atoms with van der Waals surface area (Å²) in [4.78, 5) is 23.9. The fraction of sp³-hybridized carbons (Fsp3) is 0.409. The van der Waals surface area contributed by atoms with Crippen LogP contribution in [0.1, 0.15) is 25.0 Å².